The van der Waals surface area contributed by atoms with Crippen LogP contribution in [0.4, 0.5) is 0 Å². The predicted octanol–water partition coefficient (Wildman–Crippen LogP) is 2.44. The van der Waals surface area contributed by atoms with Crippen LogP contribution in [0.25, 0.3) is 0 Å². The van der Waals surface area contributed by atoms with Crippen LogP contribution in [0.2, 0.25) is 0 Å². The van der Waals surface area contributed by atoms with Gasteiger partial charge in [-0.25, -0.2) is 8.42 Å². The molecule has 19 heavy (non-hydrogen) atoms. The normalized spacial score (nSPS) is 11.2. The van der Waals surface area contributed by atoms with Crippen LogP contribution in [0.15, 0.2) is 41.3 Å². The van der Waals surface area contributed by atoms with Crippen molar-refractivity contribution in [1.82, 2.24) is 0 Å². The number of rotatable bonds is 7. The first-order chi connectivity index (χ1) is 8.81. The number of aliphatic carboxylic acids is 1. The summed E-state index contributed by atoms with van der Waals surface area (Å²) >= 11 is 0. The van der Waals surface area contributed by atoms with E-state index in [1.807, 2.05) is 0 Å². The summed E-state index contributed by atoms with van der Waals surface area (Å²) < 4.78 is 24.0. The molecule has 0 saturated carbocycles. The Morgan fingerprint density at radius 3 is 2.26 bits per heavy atom. The lowest BCUT2D eigenvalue weighted by atomic mass is 10.1. The van der Waals surface area contributed by atoms with Crippen molar-refractivity contribution >= 4 is 15.8 Å². The van der Waals surface area contributed by atoms with Crippen LogP contribution < -0.4 is 0 Å². The number of hydrogen-bond donors (Lipinski definition) is 1. The largest absolute Gasteiger partial charge is 0.481 e. The molecule has 4 nitrogen and oxygen atoms in total. The van der Waals surface area contributed by atoms with E-state index in [1.165, 1.54) is 12.1 Å². The zero-order chi connectivity index (χ0) is 14.5. The van der Waals surface area contributed by atoms with Crippen LogP contribution in [0.1, 0.15) is 25.3 Å². The molecule has 0 saturated heterocycles. The van der Waals surface area contributed by atoms with Crippen LogP contribution in [0, 0.1) is 0 Å². The minimum absolute atomic E-state index is 0.0434. The van der Waals surface area contributed by atoms with E-state index in [0.29, 0.717) is 12.8 Å². The predicted molar refractivity (Wildman–Crippen MR) is 73.9 cm³/mol. The lowest BCUT2D eigenvalue weighted by Gasteiger charge is -2.05. The second-order valence-electron chi connectivity index (χ2n) is 4.56. The van der Waals surface area contributed by atoms with Gasteiger partial charge in [-0.15, -0.1) is 6.58 Å². The molecular weight excluding hydrogens is 264 g/mol. The van der Waals surface area contributed by atoms with Gasteiger partial charge in [-0.3, -0.25) is 4.79 Å². The first-order valence-electron chi connectivity index (χ1n) is 5.99. The van der Waals surface area contributed by atoms with E-state index in [1.54, 1.807) is 19.1 Å². The van der Waals surface area contributed by atoms with E-state index < -0.39 is 15.8 Å². The van der Waals surface area contributed by atoms with Gasteiger partial charge in [0.1, 0.15) is 0 Å². The van der Waals surface area contributed by atoms with Gasteiger partial charge in [-0.05, 0) is 37.5 Å². The Hall–Kier alpha value is -1.62. The topological polar surface area (TPSA) is 71.4 Å². The first-order valence-corrected chi connectivity index (χ1v) is 7.64. The number of carboxylic acid groups (broad SMARTS) is 1. The summed E-state index contributed by atoms with van der Waals surface area (Å²) in [6, 6.07) is 6.39. The molecule has 5 heteroatoms. The van der Waals surface area contributed by atoms with Gasteiger partial charge >= 0.3 is 5.97 Å². The maximum atomic E-state index is 12.0. The molecule has 0 aromatic heterocycles. The third-order valence-corrected chi connectivity index (χ3v) is 4.44. The lowest BCUT2D eigenvalue weighted by molar-refractivity contribution is -0.136. The molecule has 0 bridgehead atoms. The molecule has 0 aliphatic rings. The molecule has 1 N–H and O–H groups in total. The first kappa shape index (κ1) is 15.4. The van der Waals surface area contributed by atoms with Gasteiger partial charge in [0, 0.05) is 6.42 Å². The highest BCUT2D eigenvalue weighted by Crippen LogP contribution is 2.15. The van der Waals surface area contributed by atoms with Crippen molar-refractivity contribution in [2.45, 2.75) is 31.1 Å². The third kappa shape index (κ3) is 5.26. The Morgan fingerprint density at radius 1 is 1.21 bits per heavy atom. The Balaban J connectivity index is 2.74. The average Bonchev–Trinajstić information content (AvgIpc) is 2.34. The zero-order valence-electron chi connectivity index (χ0n) is 10.9. The fourth-order valence-corrected chi connectivity index (χ4v) is 2.94. The maximum absolute atomic E-state index is 12.0. The van der Waals surface area contributed by atoms with Crippen LogP contribution in [0.5, 0.6) is 0 Å². The molecule has 1 aromatic rings. The lowest BCUT2D eigenvalue weighted by Crippen LogP contribution is -2.07. The van der Waals surface area contributed by atoms with Crippen molar-refractivity contribution in [3.8, 4) is 0 Å². The minimum Gasteiger partial charge on any atom is -0.481 e. The van der Waals surface area contributed by atoms with Gasteiger partial charge in [0.2, 0.25) is 0 Å². The fraction of sp³-hybridized carbons (Fsp3) is 0.357. The monoisotopic (exact) mass is 282 g/mol. The summed E-state index contributed by atoms with van der Waals surface area (Å²) in [4.78, 5) is 10.7. The second kappa shape index (κ2) is 6.52. The van der Waals surface area contributed by atoms with E-state index in [-0.39, 0.29) is 17.1 Å². The number of allylic oxidation sites excluding steroid dienone is 1. The summed E-state index contributed by atoms with van der Waals surface area (Å²) in [5, 5.41) is 8.58. The Labute approximate surface area is 113 Å². The van der Waals surface area contributed by atoms with Gasteiger partial charge < -0.3 is 5.11 Å². The molecule has 104 valence electrons. The van der Waals surface area contributed by atoms with Crippen LogP contribution in [-0.4, -0.2) is 25.2 Å². The number of aryl methyl sites for hydroxylation is 1. The smallest absolute Gasteiger partial charge is 0.303 e. The van der Waals surface area contributed by atoms with Crippen molar-refractivity contribution in [2.24, 2.45) is 0 Å². The van der Waals surface area contributed by atoms with Crippen LogP contribution in [-0.2, 0) is 21.1 Å². The van der Waals surface area contributed by atoms with Crippen molar-refractivity contribution in [2.75, 3.05) is 5.75 Å². The minimum atomic E-state index is -3.28. The van der Waals surface area contributed by atoms with E-state index in [9.17, 15) is 13.2 Å². The molecule has 0 fully saturated rings. The van der Waals surface area contributed by atoms with Crippen molar-refractivity contribution < 1.29 is 18.3 Å². The fourth-order valence-electron chi connectivity index (χ4n) is 1.54. The highest BCUT2D eigenvalue weighted by Gasteiger charge is 2.13. The summed E-state index contributed by atoms with van der Waals surface area (Å²) in [5.41, 5.74) is 1.66. The summed E-state index contributed by atoms with van der Waals surface area (Å²) in [7, 11) is -3.28. The molecule has 1 aromatic carbocycles. The number of hydrogen-bond acceptors (Lipinski definition) is 3. The molecular formula is C14H18O4S. The molecule has 0 radical (unpaired) electrons. The van der Waals surface area contributed by atoms with Crippen molar-refractivity contribution in [3.05, 3.63) is 42.0 Å². The van der Waals surface area contributed by atoms with Crippen LogP contribution >= 0.6 is 0 Å². The molecule has 0 amide bonds. The summed E-state index contributed by atoms with van der Waals surface area (Å²) in [6.07, 6.45) is 0.895. The molecule has 0 heterocycles. The van der Waals surface area contributed by atoms with Gasteiger partial charge in [0.25, 0.3) is 0 Å². The Bertz CT molecular complexity index is 556. The number of carboxylic acids is 1. The summed E-state index contributed by atoms with van der Waals surface area (Å²) in [6.45, 7) is 5.48. The van der Waals surface area contributed by atoms with Crippen LogP contribution in [0.3, 0.4) is 0 Å². The van der Waals surface area contributed by atoms with Gasteiger partial charge in [0.05, 0.1) is 10.6 Å². The second-order valence-corrected chi connectivity index (χ2v) is 6.67. The van der Waals surface area contributed by atoms with E-state index in [2.05, 4.69) is 6.58 Å². The molecule has 1 rings (SSSR count). The molecule has 0 unspecified atom stereocenters. The van der Waals surface area contributed by atoms with Crippen molar-refractivity contribution in [3.63, 3.8) is 0 Å². The zero-order valence-corrected chi connectivity index (χ0v) is 11.7. The Morgan fingerprint density at radius 2 is 1.79 bits per heavy atom. The maximum Gasteiger partial charge on any atom is 0.303 e. The average molecular weight is 282 g/mol. The number of benzene rings is 1. The van der Waals surface area contributed by atoms with Gasteiger partial charge in [-0.2, -0.15) is 0 Å². The summed E-state index contributed by atoms with van der Waals surface area (Å²) in [5.74, 6) is -0.810. The van der Waals surface area contributed by atoms with Gasteiger partial charge in [-0.1, -0.05) is 17.7 Å². The van der Waals surface area contributed by atoms with Crippen molar-refractivity contribution in [1.29, 1.82) is 0 Å². The molecule has 0 atom stereocenters. The van der Waals surface area contributed by atoms with Gasteiger partial charge in [0.15, 0.2) is 9.84 Å². The number of carbonyl (C=O) groups is 1. The SMILES string of the molecule is C=C(C)CCS(=O)(=O)c1ccc(CCC(=O)O)cc1. The standard InChI is InChI=1S/C14H18O4S/c1-11(2)9-10-19(17,18)13-6-3-12(4-7-13)5-8-14(15)16/h3-4,6-7H,1,5,8-10H2,2H3,(H,15,16). The Kier molecular flexibility index (Phi) is 5.30. The number of sulfone groups is 1. The highest BCUT2D eigenvalue weighted by molar-refractivity contribution is 7.91. The third-order valence-electron chi connectivity index (χ3n) is 2.71. The molecule has 0 spiro atoms. The van der Waals surface area contributed by atoms with E-state index in [0.717, 1.165) is 11.1 Å². The quantitative estimate of drug-likeness (QED) is 0.780. The van der Waals surface area contributed by atoms with E-state index in [4.69, 9.17) is 5.11 Å². The molecule has 0 aliphatic heterocycles. The van der Waals surface area contributed by atoms with E-state index >= 15 is 0 Å². The molecule has 0 aliphatic carbocycles. The highest BCUT2D eigenvalue weighted by atomic mass is 32.2.